The van der Waals surface area contributed by atoms with Gasteiger partial charge in [-0.25, -0.2) is 9.97 Å². The predicted molar refractivity (Wildman–Crippen MR) is 80.7 cm³/mol. The Morgan fingerprint density at radius 3 is 2.47 bits per heavy atom. The van der Waals surface area contributed by atoms with Crippen LogP contribution in [0.5, 0.6) is 0 Å². The molecular formula is C15H26N4. The van der Waals surface area contributed by atoms with Gasteiger partial charge in [-0.05, 0) is 32.6 Å². The van der Waals surface area contributed by atoms with Crippen LogP contribution in [0.15, 0.2) is 0 Å². The minimum Gasteiger partial charge on any atom is -0.373 e. The number of hydrogen-bond donors (Lipinski definition) is 2. The Morgan fingerprint density at radius 1 is 1.11 bits per heavy atom. The molecule has 1 heterocycles. The summed E-state index contributed by atoms with van der Waals surface area (Å²) in [7, 11) is 1.91. The molecule has 1 aliphatic carbocycles. The largest absolute Gasteiger partial charge is 0.373 e. The fraction of sp³-hybridized carbons (Fsp3) is 0.733. The van der Waals surface area contributed by atoms with E-state index in [0.29, 0.717) is 6.04 Å². The summed E-state index contributed by atoms with van der Waals surface area (Å²) in [5.74, 6) is 3.53. The van der Waals surface area contributed by atoms with E-state index >= 15 is 0 Å². The molecule has 1 aliphatic rings. The molecule has 106 valence electrons. The molecule has 1 aromatic heterocycles. The average Bonchev–Trinajstić information content (AvgIpc) is 2.43. The van der Waals surface area contributed by atoms with Gasteiger partial charge in [-0.3, -0.25) is 0 Å². The fourth-order valence-corrected chi connectivity index (χ4v) is 3.07. The summed E-state index contributed by atoms with van der Waals surface area (Å²) in [5, 5.41) is 6.82. The first-order valence-electron chi connectivity index (χ1n) is 7.45. The molecule has 0 amide bonds. The first-order valence-corrected chi connectivity index (χ1v) is 7.45. The SMILES string of the molecule is CCC1CCCCC1Nc1nc(C)nc(NC)c1C. The molecule has 0 aromatic carbocycles. The molecule has 0 bridgehead atoms. The van der Waals surface area contributed by atoms with Gasteiger partial charge in [0, 0.05) is 18.7 Å². The smallest absolute Gasteiger partial charge is 0.134 e. The normalized spacial score (nSPS) is 23.2. The van der Waals surface area contributed by atoms with E-state index in [9.17, 15) is 0 Å². The zero-order chi connectivity index (χ0) is 13.8. The average molecular weight is 262 g/mol. The quantitative estimate of drug-likeness (QED) is 0.871. The molecule has 4 nitrogen and oxygen atoms in total. The van der Waals surface area contributed by atoms with Crippen molar-refractivity contribution in [1.29, 1.82) is 0 Å². The fourth-order valence-electron chi connectivity index (χ4n) is 3.07. The molecule has 0 radical (unpaired) electrons. The second kappa shape index (κ2) is 6.22. The lowest BCUT2D eigenvalue weighted by Gasteiger charge is -2.32. The van der Waals surface area contributed by atoms with Crippen LogP contribution in [-0.2, 0) is 0 Å². The van der Waals surface area contributed by atoms with Crippen LogP contribution in [-0.4, -0.2) is 23.1 Å². The third-order valence-electron chi connectivity index (χ3n) is 4.25. The van der Waals surface area contributed by atoms with Crippen molar-refractivity contribution in [2.75, 3.05) is 17.7 Å². The third kappa shape index (κ3) is 3.17. The van der Waals surface area contributed by atoms with Gasteiger partial charge in [-0.1, -0.05) is 26.2 Å². The first-order chi connectivity index (χ1) is 9.15. The number of nitrogens with one attached hydrogen (secondary N) is 2. The minimum atomic E-state index is 0.566. The molecule has 1 fully saturated rings. The second-order valence-electron chi connectivity index (χ2n) is 5.55. The standard InChI is InChI=1S/C15H26N4/c1-5-12-8-6-7-9-13(12)19-15-10(2)14(16-4)17-11(3)18-15/h12-13H,5-9H2,1-4H3,(H2,16,17,18,19). The molecule has 4 heteroatoms. The third-order valence-corrected chi connectivity index (χ3v) is 4.25. The van der Waals surface area contributed by atoms with Crippen molar-refractivity contribution in [2.24, 2.45) is 5.92 Å². The number of rotatable bonds is 4. The minimum absolute atomic E-state index is 0.566. The second-order valence-corrected chi connectivity index (χ2v) is 5.55. The van der Waals surface area contributed by atoms with Crippen LogP contribution in [0.1, 0.15) is 50.4 Å². The van der Waals surface area contributed by atoms with Crippen LogP contribution in [0.2, 0.25) is 0 Å². The highest BCUT2D eigenvalue weighted by Crippen LogP contribution is 2.30. The maximum Gasteiger partial charge on any atom is 0.134 e. The molecule has 0 saturated heterocycles. The lowest BCUT2D eigenvalue weighted by atomic mass is 9.83. The number of nitrogens with zero attached hydrogens (tertiary/aromatic N) is 2. The van der Waals surface area contributed by atoms with E-state index in [1.165, 1.54) is 32.1 Å². The van der Waals surface area contributed by atoms with Crippen LogP contribution >= 0.6 is 0 Å². The summed E-state index contributed by atoms with van der Waals surface area (Å²) >= 11 is 0. The van der Waals surface area contributed by atoms with Crippen LogP contribution < -0.4 is 10.6 Å². The van der Waals surface area contributed by atoms with E-state index in [4.69, 9.17) is 0 Å². The lowest BCUT2D eigenvalue weighted by molar-refractivity contribution is 0.316. The highest BCUT2D eigenvalue weighted by molar-refractivity contribution is 5.57. The maximum atomic E-state index is 4.58. The number of aromatic nitrogens is 2. The molecule has 2 N–H and O–H groups in total. The Hall–Kier alpha value is -1.32. The molecule has 2 atom stereocenters. The van der Waals surface area contributed by atoms with Crippen molar-refractivity contribution < 1.29 is 0 Å². The Morgan fingerprint density at radius 2 is 1.79 bits per heavy atom. The first kappa shape index (κ1) is 14.1. The van der Waals surface area contributed by atoms with Crippen molar-refractivity contribution in [3.05, 3.63) is 11.4 Å². The highest BCUT2D eigenvalue weighted by atomic mass is 15.1. The monoisotopic (exact) mass is 262 g/mol. The van der Waals surface area contributed by atoms with Crippen LogP contribution in [0.4, 0.5) is 11.6 Å². The Labute approximate surface area is 116 Å². The van der Waals surface area contributed by atoms with Gasteiger partial charge in [0.15, 0.2) is 0 Å². The number of hydrogen-bond acceptors (Lipinski definition) is 4. The molecule has 19 heavy (non-hydrogen) atoms. The van der Waals surface area contributed by atoms with Crippen LogP contribution in [0, 0.1) is 19.8 Å². The Balaban J connectivity index is 2.20. The lowest BCUT2D eigenvalue weighted by Crippen LogP contribution is -2.32. The van der Waals surface area contributed by atoms with Crippen molar-refractivity contribution in [3.8, 4) is 0 Å². The van der Waals surface area contributed by atoms with Crippen molar-refractivity contribution in [3.63, 3.8) is 0 Å². The summed E-state index contributed by atoms with van der Waals surface area (Å²) in [4.78, 5) is 9.00. The van der Waals surface area contributed by atoms with Crippen molar-refractivity contribution >= 4 is 11.6 Å². The summed E-state index contributed by atoms with van der Waals surface area (Å²) in [6.07, 6.45) is 6.56. The molecule has 1 saturated carbocycles. The zero-order valence-electron chi connectivity index (χ0n) is 12.6. The van der Waals surface area contributed by atoms with Gasteiger partial charge < -0.3 is 10.6 Å². The highest BCUT2D eigenvalue weighted by Gasteiger charge is 2.24. The number of anilines is 2. The van der Waals surface area contributed by atoms with Gasteiger partial charge in [0.1, 0.15) is 17.5 Å². The van der Waals surface area contributed by atoms with Crippen molar-refractivity contribution in [1.82, 2.24) is 9.97 Å². The van der Waals surface area contributed by atoms with Crippen LogP contribution in [0.25, 0.3) is 0 Å². The van der Waals surface area contributed by atoms with Gasteiger partial charge in [-0.2, -0.15) is 0 Å². The molecule has 0 aliphatic heterocycles. The van der Waals surface area contributed by atoms with E-state index < -0.39 is 0 Å². The zero-order valence-corrected chi connectivity index (χ0v) is 12.6. The van der Waals surface area contributed by atoms with E-state index in [2.05, 4.69) is 34.4 Å². The van der Waals surface area contributed by atoms with E-state index in [0.717, 1.165) is 28.9 Å². The van der Waals surface area contributed by atoms with Gasteiger partial charge in [0.25, 0.3) is 0 Å². The summed E-state index contributed by atoms with van der Waals surface area (Å²) in [6.45, 7) is 6.32. The van der Waals surface area contributed by atoms with Gasteiger partial charge in [0.05, 0.1) is 0 Å². The summed E-state index contributed by atoms with van der Waals surface area (Å²) < 4.78 is 0. The van der Waals surface area contributed by atoms with E-state index in [1.54, 1.807) is 0 Å². The van der Waals surface area contributed by atoms with Gasteiger partial charge in [0.2, 0.25) is 0 Å². The Kier molecular flexibility index (Phi) is 4.61. The number of aryl methyl sites for hydroxylation is 1. The Bertz CT molecular complexity index is 430. The summed E-state index contributed by atoms with van der Waals surface area (Å²) in [5.41, 5.74) is 1.12. The van der Waals surface area contributed by atoms with Crippen molar-refractivity contribution in [2.45, 2.75) is 58.9 Å². The molecule has 1 aromatic rings. The molecule has 0 spiro atoms. The topological polar surface area (TPSA) is 49.8 Å². The maximum absolute atomic E-state index is 4.58. The molecular weight excluding hydrogens is 236 g/mol. The van der Waals surface area contributed by atoms with E-state index in [-0.39, 0.29) is 0 Å². The van der Waals surface area contributed by atoms with Crippen LogP contribution in [0.3, 0.4) is 0 Å². The molecule has 2 rings (SSSR count). The van der Waals surface area contributed by atoms with Gasteiger partial charge in [-0.15, -0.1) is 0 Å². The van der Waals surface area contributed by atoms with Gasteiger partial charge >= 0.3 is 0 Å². The summed E-state index contributed by atoms with van der Waals surface area (Å²) in [6, 6.07) is 0.566. The predicted octanol–water partition coefficient (Wildman–Crippen LogP) is 3.52. The van der Waals surface area contributed by atoms with E-state index in [1.807, 2.05) is 14.0 Å². The molecule has 2 unspecified atom stereocenters.